The van der Waals surface area contributed by atoms with E-state index in [0.717, 1.165) is 24.6 Å². The maximum absolute atomic E-state index is 10.5. The largest absolute Gasteiger partial charge is 0.493 e. The van der Waals surface area contributed by atoms with Crippen molar-refractivity contribution in [1.29, 1.82) is 0 Å². The van der Waals surface area contributed by atoms with Gasteiger partial charge in [-0.3, -0.25) is 4.99 Å². The van der Waals surface area contributed by atoms with Gasteiger partial charge in [0.15, 0.2) is 17.5 Å². The van der Waals surface area contributed by atoms with E-state index in [1.165, 1.54) is 25.7 Å². The van der Waals surface area contributed by atoms with Gasteiger partial charge in [-0.25, -0.2) is 0 Å². The Bertz CT molecular complexity index is 601. The second kappa shape index (κ2) is 11.6. The molecule has 6 nitrogen and oxygen atoms in total. The van der Waals surface area contributed by atoms with Gasteiger partial charge < -0.3 is 25.2 Å². The van der Waals surface area contributed by atoms with E-state index < -0.39 is 6.10 Å². The van der Waals surface area contributed by atoms with Crippen LogP contribution in [0, 0.1) is 5.41 Å². The van der Waals surface area contributed by atoms with Crippen LogP contribution in [-0.2, 0) is 0 Å². The third kappa shape index (κ3) is 6.41. The fourth-order valence-corrected chi connectivity index (χ4v) is 3.26. The maximum atomic E-state index is 10.5. The molecule has 2 rings (SSSR count). The number of methoxy groups -OCH3 is 2. The van der Waals surface area contributed by atoms with Gasteiger partial charge in [-0.2, -0.15) is 0 Å². The van der Waals surface area contributed by atoms with Crippen LogP contribution in [0.2, 0.25) is 0 Å². The third-order valence-corrected chi connectivity index (χ3v) is 5.34. The SMILES string of the molecule is CCNC(=NCC1(CC)CCC1)NCC(O)c1ccc(OC)c(OC)c1.I. The molecule has 0 saturated heterocycles. The second-order valence-corrected chi connectivity index (χ2v) is 6.91. The molecule has 0 heterocycles. The molecule has 1 aliphatic rings. The number of ether oxygens (including phenoxy) is 2. The van der Waals surface area contributed by atoms with Crippen molar-refractivity contribution >= 4 is 29.9 Å². The van der Waals surface area contributed by atoms with E-state index in [1.807, 2.05) is 13.0 Å². The number of rotatable bonds is 9. The molecular formula is C20H34IN3O3. The molecule has 0 bridgehead atoms. The molecule has 3 N–H and O–H groups in total. The molecule has 1 aromatic rings. The van der Waals surface area contributed by atoms with Crippen LogP contribution in [0.4, 0.5) is 0 Å². The number of hydrogen-bond acceptors (Lipinski definition) is 4. The lowest BCUT2D eigenvalue weighted by Gasteiger charge is -2.40. The number of halogens is 1. The molecule has 1 aliphatic carbocycles. The van der Waals surface area contributed by atoms with Gasteiger partial charge in [0.2, 0.25) is 0 Å². The first kappa shape index (κ1) is 23.8. The Morgan fingerprint density at radius 2 is 1.89 bits per heavy atom. The summed E-state index contributed by atoms with van der Waals surface area (Å²) in [5.74, 6) is 2.02. The Kier molecular flexibility index (Phi) is 10.2. The minimum Gasteiger partial charge on any atom is -0.493 e. The first-order valence-electron chi connectivity index (χ1n) is 9.49. The first-order valence-corrected chi connectivity index (χ1v) is 9.49. The Balaban J connectivity index is 0.00000364. The van der Waals surface area contributed by atoms with Crippen LogP contribution in [-0.4, -0.2) is 44.9 Å². The fraction of sp³-hybridized carbons (Fsp3) is 0.650. The summed E-state index contributed by atoms with van der Waals surface area (Å²) >= 11 is 0. The lowest BCUT2D eigenvalue weighted by atomic mass is 9.67. The molecule has 0 aliphatic heterocycles. The highest BCUT2D eigenvalue weighted by atomic mass is 127. The van der Waals surface area contributed by atoms with Crippen molar-refractivity contribution in [2.75, 3.05) is 33.9 Å². The topological polar surface area (TPSA) is 75.1 Å². The van der Waals surface area contributed by atoms with Crippen LogP contribution in [0.15, 0.2) is 23.2 Å². The van der Waals surface area contributed by atoms with Crippen LogP contribution in [0.1, 0.15) is 51.2 Å². The fourth-order valence-electron chi connectivity index (χ4n) is 3.26. The second-order valence-electron chi connectivity index (χ2n) is 6.91. The summed E-state index contributed by atoms with van der Waals surface area (Å²) in [5.41, 5.74) is 1.15. The van der Waals surface area contributed by atoms with E-state index in [-0.39, 0.29) is 24.0 Å². The van der Waals surface area contributed by atoms with E-state index in [2.05, 4.69) is 17.6 Å². The number of hydrogen-bond donors (Lipinski definition) is 3. The van der Waals surface area contributed by atoms with Crippen molar-refractivity contribution in [2.24, 2.45) is 10.4 Å². The predicted molar refractivity (Wildman–Crippen MR) is 120 cm³/mol. The molecule has 1 unspecified atom stereocenters. The number of nitrogens with zero attached hydrogens (tertiary/aromatic N) is 1. The molecule has 1 fully saturated rings. The summed E-state index contributed by atoms with van der Waals surface area (Å²) in [6.45, 7) is 6.29. The van der Waals surface area contributed by atoms with Gasteiger partial charge in [0.25, 0.3) is 0 Å². The van der Waals surface area contributed by atoms with Crippen molar-refractivity contribution in [3.63, 3.8) is 0 Å². The normalized spacial score (nSPS) is 16.6. The summed E-state index contributed by atoms with van der Waals surface area (Å²) in [4.78, 5) is 4.74. The van der Waals surface area contributed by atoms with Crippen LogP contribution in [0.3, 0.4) is 0 Å². The summed E-state index contributed by atoms with van der Waals surface area (Å²) in [6.07, 6.45) is 4.35. The molecule has 0 radical (unpaired) electrons. The van der Waals surface area contributed by atoms with E-state index >= 15 is 0 Å². The van der Waals surface area contributed by atoms with Gasteiger partial charge in [0.1, 0.15) is 0 Å². The highest BCUT2D eigenvalue weighted by Gasteiger charge is 2.34. The van der Waals surface area contributed by atoms with Crippen LogP contribution in [0.5, 0.6) is 11.5 Å². The van der Waals surface area contributed by atoms with Gasteiger partial charge in [-0.15, -0.1) is 24.0 Å². The van der Waals surface area contributed by atoms with Crippen molar-refractivity contribution < 1.29 is 14.6 Å². The highest BCUT2D eigenvalue weighted by Crippen LogP contribution is 2.43. The monoisotopic (exact) mass is 491 g/mol. The number of aliphatic hydroxyl groups excluding tert-OH is 1. The quantitative estimate of drug-likeness (QED) is 0.280. The molecule has 1 aromatic carbocycles. The average Bonchev–Trinajstić information content (AvgIpc) is 2.64. The van der Waals surface area contributed by atoms with Crippen molar-refractivity contribution in [3.8, 4) is 11.5 Å². The van der Waals surface area contributed by atoms with Crippen LogP contribution < -0.4 is 20.1 Å². The Hall–Kier alpha value is -1.22. The third-order valence-electron chi connectivity index (χ3n) is 5.34. The predicted octanol–water partition coefficient (Wildman–Crippen LogP) is 3.49. The van der Waals surface area contributed by atoms with Crippen molar-refractivity contribution in [1.82, 2.24) is 10.6 Å². The Labute approximate surface area is 180 Å². The summed E-state index contributed by atoms with van der Waals surface area (Å²) in [5, 5.41) is 17.0. The number of guanidine groups is 1. The van der Waals surface area contributed by atoms with Gasteiger partial charge in [-0.1, -0.05) is 19.4 Å². The van der Waals surface area contributed by atoms with Gasteiger partial charge in [-0.05, 0) is 49.3 Å². The molecule has 154 valence electrons. The lowest BCUT2D eigenvalue weighted by molar-refractivity contribution is 0.139. The molecule has 0 aromatic heterocycles. The zero-order chi connectivity index (χ0) is 19.0. The summed E-state index contributed by atoms with van der Waals surface area (Å²) in [6, 6.07) is 5.45. The van der Waals surface area contributed by atoms with Crippen molar-refractivity contribution in [2.45, 2.75) is 45.6 Å². The smallest absolute Gasteiger partial charge is 0.191 e. The minimum absolute atomic E-state index is 0. The number of aliphatic hydroxyl groups is 1. The molecular weight excluding hydrogens is 457 g/mol. The zero-order valence-electron chi connectivity index (χ0n) is 16.9. The number of nitrogens with one attached hydrogen (secondary N) is 2. The lowest BCUT2D eigenvalue weighted by Crippen LogP contribution is -2.41. The molecule has 0 amide bonds. The van der Waals surface area contributed by atoms with E-state index in [0.29, 0.717) is 23.5 Å². The van der Waals surface area contributed by atoms with E-state index in [1.54, 1.807) is 26.4 Å². The molecule has 1 saturated carbocycles. The standard InChI is InChI=1S/C20H33N3O3.HI/c1-5-20(10-7-11-20)14-23-19(21-6-2)22-13-16(24)15-8-9-17(25-3)18(12-15)26-4;/h8-9,12,16,24H,5-7,10-11,13-14H2,1-4H3,(H2,21,22,23);1H. The molecule has 1 atom stereocenters. The zero-order valence-corrected chi connectivity index (χ0v) is 19.2. The number of aliphatic imine (C=N–C) groups is 1. The first-order chi connectivity index (χ1) is 12.6. The van der Waals surface area contributed by atoms with Gasteiger partial charge in [0, 0.05) is 19.6 Å². The van der Waals surface area contributed by atoms with Crippen LogP contribution >= 0.6 is 24.0 Å². The van der Waals surface area contributed by atoms with Crippen LogP contribution in [0.25, 0.3) is 0 Å². The average molecular weight is 491 g/mol. The molecule has 27 heavy (non-hydrogen) atoms. The van der Waals surface area contributed by atoms with E-state index in [4.69, 9.17) is 14.5 Å². The van der Waals surface area contributed by atoms with Crippen molar-refractivity contribution in [3.05, 3.63) is 23.8 Å². The minimum atomic E-state index is -0.664. The van der Waals surface area contributed by atoms with E-state index in [9.17, 15) is 5.11 Å². The Morgan fingerprint density at radius 1 is 1.19 bits per heavy atom. The molecule has 7 heteroatoms. The molecule has 0 spiro atoms. The van der Waals surface area contributed by atoms with Gasteiger partial charge >= 0.3 is 0 Å². The summed E-state index contributed by atoms with van der Waals surface area (Å²) in [7, 11) is 3.19. The maximum Gasteiger partial charge on any atom is 0.191 e. The van der Waals surface area contributed by atoms with Gasteiger partial charge in [0.05, 0.1) is 20.3 Å². The highest BCUT2D eigenvalue weighted by molar-refractivity contribution is 14.0. The number of benzene rings is 1. The summed E-state index contributed by atoms with van der Waals surface area (Å²) < 4.78 is 10.5. The Morgan fingerprint density at radius 3 is 2.41 bits per heavy atom.